The summed E-state index contributed by atoms with van der Waals surface area (Å²) < 4.78 is 31.7. The summed E-state index contributed by atoms with van der Waals surface area (Å²) >= 11 is 0. The highest BCUT2D eigenvalue weighted by atomic mass is 19.1. The molecule has 1 aromatic rings. The van der Waals surface area contributed by atoms with E-state index in [0.717, 1.165) is 6.07 Å². The summed E-state index contributed by atoms with van der Waals surface area (Å²) in [5.41, 5.74) is 5.50. The summed E-state index contributed by atoms with van der Waals surface area (Å²) in [5.74, 6) is -1.03. The Morgan fingerprint density at radius 2 is 2.28 bits per heavy atom. The van der Waals surface area contributed by atoms with Crippen LogP contribution in [0.1, 0.15) is 16.8 Å². The molecule has 0 aromatic heterocycles. The van der Waals surface area contributed by atoms with Crippen LogP contribution >= 0.6 is 0 Å². The van der Waals surface area contributed by atoms with Gasteiger partial charge in [-0.2, -0.15) is 0 Å². The Hall–Kier alpha value is -1.85. The minimum atomic E-state index is -1.03. The minimum Gasteiger partial charge on any atom is -0.495 e. The van der Waals surface area contributed by atoms with Crippen molar-refractivity contribution in [2.24, 2.45) is 0 Å². The first-order chi connectivity index (χ1) is 8.52. The standard InChI is InChI=1S/C12H14F2N2O2/c1-18-11-4-8(9(14)5-10(11)15)12(17)16-3-2-7(13)6-16/h4-5,7H,2-3,6,15H2,1H3. The van der Waals surface area contributed by atoms with Crippen LogP contribution in [0, 0.1) is 5.82 Å². The van der Waals surface area contributed by atoms with E-state index in [2.05, 4.69) is 0 Å². The fourth-order valence-electron chi connectivity index (χ4n) is 1.98. The molecule has 4 nitrogen and oxygen atoms in total. The molecule has 1 unspecified atom stereocenters. The minimum absolute atomic E-state index is 0.00493. The second-order valence-electron chi connectivity index (χ2n) is 4.21. The first kappa shape index (κ1) is 12.6. The van der Waals surface area contributed by atoms with E-state index in [1.54, 1.807) is 0 Å². The molecule has 1 atom stereocenters. The maximum absolute atomic E-state index is 13.7. The van der Waals surface area contributed by atoms with Gasteiger partial charge in [-0.25, -0.2) is 8.78 Å². The maximum atomic E-state index is 13.7. The van der Waals surface area contributed by atoms with Crippen molar-refractivity contribution in [1.29, 1.82) is 0 Å². The van der Waals surface area contributed by atoms with E-state index in [4.69, 9.17) is 10.5 Å². The number of nitrogens with two attached hydrogens (primary N) is 1. The molecule has 2 rings (SSSR count). The molecule has 2 N–H and O–H groups in total. The maximum Gasteiger partial charge on any atom is 0.257 e. The molecule has 6 heteroatoms. The van der Waals surface area contributed by atoms with E-state index in [9.17, 15) is 13.6 Å². The molecular formula is C12H14F2N2O2. The van der Waals surface area contributed by atoms with Gasteiger partial charge in [0.15, 0.2) is 0 Å². The van der Waals surface area contributed by atoms with Crippen LogP contribution in [0.15, 0.2) is 12.1 Å². The second-order valence-corrected chi connectivity index (χ2v) is 4.21. The van der Waals surface area contributed by atoms with Crippen molar-refractivity contribution < 1.29 is 18.3 Å². The molecule has 0 radical (unpaired) electrons. The number of ether oxygens (including phenoxy) is 1. The zero-order valence-electron chi connectivity index (χ0n) is 9.95. The molecule has 1 aliphatic rings. The third-order valence-corrected chi connectivity index (χ3v) is 2.97. The molecule has 1 saturated heterocycles. The first-order valence-electron chi connectivity index (χ1n) is 5.59. The average Bonchev–Trinajstić information content (AvgIpc) is 2.75. The molecule has 98 valence electrons. The van der Waals surface area contributed by atoms with Gasteiger partial charge in [0.05, 0.1) is 24.9 Å². The Balaban J connectivity index is 2.30. The summed E-state index contributed by atoms with van der Waals surface area (Å²) in [6, 6.07) is 2.29. The predicted molar refractivity (Wildman–Crippen MR) is 62.8 cm³/mol. The molecule has 18 heavy (non-hydrogen) atoms. The number of likely N-dealkylation sites (tertiary alicyclic amines) is 1. The lowest BCUT2D eigenvalue weighted by Gasteiger charge is -2.16. The summed E-state index contributed by atoms with van der Waals surface area (Å²) in [6.07, 6.45) is -0.743. The van der Waals surface area contributed by atoms with Gasteiger partial charge in [-0.05, 0) is 12.5 Å². The number of carbonyl (C=O) groups is 1. The van der Waals surface area contributed by atoms with Gasteiger partial charge in [-0.15, -0.1) is 0 Å². The third-order valence-electron chi connectivity index (χ3n) is 2.97. The van der Waals surface area contributed by atoms with Gasteiger partial charge < -0.3 is 15.4 Å². The molecule has 0 aliphatic carbocycles. The van der Waals surface area contributed by atoms with Crippen LogP contribution < -0.4 is 10.5 Å². The van der Waals surface area contributed by atoms with E-state index < -0.39 is 17.9 Å². The van der Waals surface area contributed by atoms with Crippen LogP contribution in [0.25, 0.3) is 0 Å². The number of benzene rings is 1. The SMILES string of the molecule is COc1cc(C(=O)N2CCC(F)C2)c(F)cc1N. The summed E-state index contributed by atoms with van der Waals surface area (Å²) in [7, 11) is 1.38. The van der Waals surface area contributed by atoms with Crippen molar-refractivity contribution in [2.45, 2.75) is 12.6 Å². The van der Waals surface area contributed by atoms with Gasteiger partial charge in [0, 0.05) is 12.6 Å². The zero-order chi connectivity index (χ0) is 13.3. The Labute approximate surface area is 103 Å². The van der Waals surface area contributed by atoms with Crippen LogP contribution in [0.3, 0.4) is 0 Å². The molecular weight excluding hydrogens is 242 g/mol. The number of nitrogen functional groups attached to an aromatic ring is 1. The number of hydrogen-bond acceptors (Lipinski definition) is 3. The lowest BCUT2D eigenvalue weighted by Crippen LogP contribution is -2.29. The van der Waals surface area contributed by atoms with Gasteiger partial charge in [0.2, 0.25) is 0 Å². The fraction of sp³-hybridized carbons (Fsp3) is 0.417. The zero-order valence-corrected chi connectivity index (χ0v) is 9.95. The van der Waals surface area contributed by atoms with E-state index in [1.807, 2.05) is 0 Å². The van der Waals surface area contributed by atoms with Gasteiger partial charge in [0.1, 0.15) is 17.7 Å². The lowest BCUT2D eigenvalue weighted by molar-refractivity contribution is 0.0778. The van der Waals surface area contributed by atoms with Crippen LogP contribution in [-0.2, 0) is 0 Å². The Kier molecular flexibility index (Phi) is 3.36. The largest absolute Gasteiger partial charge is 0.495 e. The predicted octanol–water partition coefficient (Wildman–Crippen LogP) is 1.60. The fourth-order valence-corrected chi connectivity index (χ4v) is 1.98. The third kappa shape index (κ3) is 2.23. The van der Waals surface area contributed by atoms with E-state index in [0.29, 0.717) is 13.0 Å². The topological polar surface area (TPSA) is 55.6 Å². The van der Waals surface area contributed by atoms with Crippen LogP contribution in [0.4, 0.5) is 14.5 Å². The number of hydrogen-bond donors (Lipinski definition) is 1. The molecule has 1 aliphatic heterocycles. The molecule has 1 heterocycles. The number of anilines is 1. The summed E-state index contributed by atoms with van der Waals surface area (Å²) in [6.45, 7) is 0.303. The van der Waals surface area contributed by atoms with Gasteiger partial charge >= 0.3 is 0 Å². The highest BCUT2D eigenvalue weighted by Gasteiger charge is 2.28. The monoisotopic (exact) mass is 256 g/mol. The normalized spacial score (nSPS) is 19.1. The number of methoxy groups -OCH3 is 1. The van der Waals surface area contributed by atoms with E-state index in [1.165, 1.54) is 18.1 Å². The van der Waals surface area contributed by atoms with Crippen molar-refractivity contribution >= 4 is 11.6 Å². The smallest absolute Gasteiger partial charge is 0.257 e. The second kappa shape index (κ2) is 4.80. The number of nitrogens with zero attached hydrogens (tertiary/aromatic N) is 1. The average molecular weight is 256 g/mol. The number of rotatable bonds is 2. The Morgan fingerprint density at radius 1 is 1.56 bits per heavy atom. The molecule has 1 aromatic carbocycles. The van der Waals surface area contributed by atoms with Crippen LogP contribution in [-0.4, -0.2) is 37.2 Å². The first-order valence-corrected chi connectivity index (χ1v) is 5.59. The van der Waals surface area contributed by atoms with Crippen molar-refractivity contribution in [3.63, 3.8) is 0 Å². The van der Waals surface area contributed by atoms with Crippen molar-refractivity contribution in [2.75, 3.05) is 25.9 Å². The molecule has 1 amide bonds. The van der Waals surface area contributed by atoms with Crippen LogP contribution in [0.2, 0.25) is 0 Å². The lowest BCUT2D eigenvalue weighted by atomic mass is 10.1. The molecule has 1 fully saturated rings. The number of carbonyl (C=O) groups excluding carboxylic acids is 1. The highest BCUT2D eigenvalue weighted by molar-refractivity contribution is 5.95. The number of amides is 1. The van der Waals surface area contributed by atoms with Crippen molar-refractivity contribution in [1.82, 2.24) is 4.90 Å². The van der Waals surface area contributed by atoms with Crippen molar-refractivity contribution in [3.8, 4) is 5.75 Å². The summed E-state index contributed by atoms with van der Waals surface area (Å²) in [4.78, 5) is 13.3. The van der Waals surface area contributed by atoms with Gasteiger partial charge in [-0.3, -0.25) is 4.79 Å². The number of alkyl halides is 1. The van der Waals surface area contributed by atoms with E-state index >= 15 is 0 Å². The van der Waals surface area contributed by atoms with Crippen molar-refractivity contribution in [3.05, 3.63) is 23.5 Å². The number of halogens is 2. The summed E-state index contributed by atoms with van der Waals surface area (Å²) in [5, 5.41) is 0. The van der Waals surface area contributed by atoms with Gasteiger partial charge in [-0.1, -0.05) is 0 Å². The quantitative estimate of drug-likeness (QED) is 0.818. The van der Waals surface area contributed by atoms with Gasteiger partial charge in [0.25, 0.3) is 5.91 Å². The Bertz CT molecular complexity index is 479. The molecule has 0 bridgehead atoms. The molecule has 0 spiro atoms. The molecule has 0 saturated carbocycles. The highest BCUT2D eigenvalue weighted by Crippen LogP contribution is 2.26. The van der Waals surface area contributed by atoms with E-state index in [-0.39, 0.29) is 23.5 Å². The Morgan fingerprint density at radius 3 is 2.83 bits per heavy atom. The van der Waals surface area contributed by atoms with Crippen LogP contribution in [0.5, 0.6) is 5.75 Å².